The molecule has 2 bridgehead atoms. The van der Waals surface area contributed by atoms with Crippen LogP contribution in [0.4, 0.5) is 4.79 Å². The molecule has 5 nitrogen and oxygen atoms in total. The van der Waals surface area contributed by atoms with Crippen LogP contribution in [0, 0.1) is 17.8 Å². The Hall–Kier alpha value is -0.910. The highest BCUT2D eigenvalue weighted by molar-refractivity contribution is 7.99. The molecule has 0 aromatic carbocycles. The van der Waals surface area contributed by atoms with Gasteiger partial charge in [-0.15, -0.1) is 0 Å². The van der Waals surface area contributed by atoms with Gasteiger partial charge in [0, 0.05) is 17.8 Å². The van der Waals surface area contributed by atoms with Gasteiger partial charge < -0.3 is 15.7 Å². The average molecular weight is 298 g/mol. The van der Waals surface area contributed by atoms with Crippen LogP contribution in [-0.4, -0.2) is 40.7 Å². The highest BCUT2D eigenvalue weighted by Gasteiger charge is 2.51. The molecule has 0 radical (unpaired) electrons. The van der Waals surface area contributed by atoms with E-state index in [0.717, 1.165) is 37.9 Å². The highest BCUT2D eigenvalue weighted by atomic mass is 32.2. The number of aliphatic carboxylic acids is 1. The van der Waals surface area contributed by atoms with Crippen molar-refractivity contribution < 1.29 is 14.7 Å². The van der Waals surface area contributed by atoms with Crippen LogP contribution in [0.25, 0.3) is 0 Å². The number of carbonyl (C=O) groups is 2. The van der Waals surface area contributed by atoms with E-state index in [1.165, 1.54) is 5.75 Å². The predicted molar refractivity (Wildman–Crippen MR) is 77.8 cm³/mol. The van der Waals surface area contributed by atoms with Crippen LogP contribution in [0.2, 0.25) is 0 Å². The molecule has 3 N–H and O–H groups in total. The normalized spacial score (nSPS) is 39.5. The summed E-state index contributed by atoms with van der Waals surface area (Å²) in [6.07, 6.45) is 5.18. The molecule has 2 aliphatic carbocycles. The lowest BCUT2D eigenvalue weighted by molar-refractivity contribution is -0.144. The molecule has 5 unspecified atom stereocenters. The molecule has 1 heterocycles. The summed E-state index contributed by atoms with van der Waals surface area (Å²) in [5.41, 5.74) is 0. The van der Waals surface area contributed by atoms with Crippen LogP contribution >= 0.6 is 11.8 Å². The van der Waals surface area contributed by atoms with Gasteiger partial charge in [-0.25, -0.2) is 4.79 Å². The minimum atomic E-state index is -0.754. The summed E-state index contributed by atoms with van der Waals surface area (Å²) in [5, 5.41) is 15.3. The van der Waals surface area contributed by atoms with E-state index in [1.54, 1.807) is 0 Å². The highest BCUT2D eigenvalue weighted by Crippen LogP contribution is 2.48. The molecule has 2 amide bonds. The van der Waals surface area contributed by atoms with E-state index in [-0.39, 0.29) is 30.0 Å². The molecule has 2 saturated carbocycles. The first-order valence-corrected chi connectivity index (χ1v) is 8.68. The van der Waals surface area contributed by atoms with Gasteiger partial charge in [0.15, 0.2) is 0 Å². The number of hydrogen-bond acceptors (Lipinski definition) is 3. The molecule has 20 heavy (non-hydrogen) atoms. The van der Waals surface area contributed by atoms with E-state index in [2.05, 4.69) is 10.6 Å². The van der Waals surface area contributed by atoms with Gasteiger partial charge in [0.1, 0.15) is 0 Å². The third kappa shape index (κ3) is 2.75. The van der Waals surface area contributed by atoms with Gasteiger partial charge in [0.25, 0.3) is 0 Å². The number of urea groups is 1. The largest absolute Gasteiger partial charge is 0.481 e. The molecule has 1 saturated heterocycles. The first-order valence-electron chi connectivity index (χ1n) is 7.52. The maximum absolute atomic E-state index is 12.1. The van der Waals surface area contributed by atoms with Crippen molar-refractivity contribution in [1.29, 1.82) is 0 Å². The molecule has 3 aliphatic rings. The Labute approximate surface area is 123 Å². The zero-order chi connectivity index (χ0) is 14.1. The van der Waals surface area contributed by atoms with Crippen molar-refractivity contribution in [2.45, 2.75) is 44.2 Å². The molecule has 0 spiro atoms. The topological polar surface area (TPSA) is 78.4 Å². The second-order valence-corrected chi connectivity index (χ2v) is 7.40. The number of amides is 2. The summed E-state index contributed by atoms with van der Waals surface area (Å²) >= 11 is 1.87. The lowest BCUT2D eigenvalue weighted by Crippen LogP contribution is -2.52. The zero-order valence-corrected chi connectivity index (χ0v) is 12.3. The van der Waals surface area contributed by atoms with Gasteiger partial charge in [0.2, 0.25) is 0 Å². The van der Waals surface area contributed by atoms with Gasteiger partial charge >= 0.3 is 12.0 Å². The Bertz CT molecular complexity index is 398. The van der Waals surface area contributed by atoms with Crippen molar-refractivity contribution in [2.75, 3.05) is 11.5 Å². The van der Waals surface area contributed by atoms with Gasteiger partial charge in [-0.1, -0.05) is 0 Å². The monoisotopic (exact) mass is 298 g/mol. The number of thioether (sulfide) groups is 1. The summed E-state index contributed by atoms with van der Waals surface area (Å²) in [5.74, 6) is 1.61. The molecule has 3 fully saturated rings. The fourth-order valence-corrected chi connectivity index (χ4v) is 5.16. The molecule has 0 aromatic rings. The predicted octanol–water partition coefficient (Wildman–Crippen LogP) is 1.68. The Morgan fingerprint density at radius 2 is 1.90 bits per heavy atom. The molecule has 6 heteroatoms. The summed E-state index contributed by atoms with van der Waals surface area (Å²) in [6.45, 7) is 0. The van der Waals surface area contributed by atoms with E-state index in [9.17, 15) is 14.7 Å². The Morgan fingerprint density at radius 1 is 1.10 bits per heavy atom. The van der Waals surface area contributed by atoms with E-state index in [4.69, 9.17) is 0 Å². The number of carbonyl (C=O) groups excluding carboxylic acids is 1. The van der Waals surface area contributed by atoms with Crippen molar-refractivity contribution in [3.63, 3.8) is 0 Å². The number of carboxylic acids is 1. The number of nitrogens with one attached hydrogen (secondary N) is 2. The van der Waals surface area contributed by atoms with Crippen molar-refractivity contribution in [2.24, 2.45) is 17.8 Å². The summed E-state index contributed by atoms with van der Waals surface area (Å²) in [4.78, 5) is 23.5. The zero-order valence-electron chi connectivity index (χ0n) is 11.5. The maximum atomic E-state index is 12.1. The van der Waals surface area contributed by atoms with Gasteiger partial charge in [-0.05, 0) is 49.7 Å². The second-order valence-electron chi connectivity index (χ2n) is 6.25. The first-order chi connectivity index (χ1) is 9.65. The lowest BCUT2D eigenvalue weighted by atomic mass is 9.84. The summed E-state index contributed by atoms with van der Waals surface area (Å²) in [7, 11) is 0. The van der Waals surface area contributed by atoms with Crippen LogP contribution < -0.4 is 10.6 Å². The molecule has 1 aliphatic heterocycles. The molecular weight excluding hydrogens is 276 g/mol. The summed E-state index contributed by atoms with van der Waals surface area (Å²) in [6, 6.07) is -0.126. The Morgan fingerprint density at radius 3 is 2.60 bits per heavy atom. The van der Waals surface area contributed by atoms with Gasteiger partial charge in [-0.3, -0.25) is 4.79 Å². The molecular formula is C14H22N2O3S. The molecule has 112 valence electrons. The lowest BCUT2D eigenvalue weighted by Gasteiger charge is -2.30. The number of hydrogen-bond donors (Lipinski definition) is 3. The van der Waals surface area contributed by atoms with E-state index >= 15 is 0 Å². The van der Waals surface area contributed by atoms with Crippen molar-refractivity contribution in [3.05, 3.63) is 0 Å². The minimum absolute atomic E-state index is 0.178. The fraction of sp³-hybridized carbons (Fsp3) is 0.857. The Kier molecular flexibility index (Phi) is 4.10. The van der Waals surface area contributed by atoms with Crippen LogP contribution in [0.1, 0.15) is 32.1 Å². The second kappa shape index (κ2) is 5.84. The fourth-order valence-electron chi connectivity index (χ4n) is 4.09. The van der Waals surface area contributed by atoms with E-state index < -0.39 is 5.97 Å². The molecule has 3 rings (SSSR count). The number of rotatable bonds is 3. The average Bonchev–Trinajstić information content (AvgIpc) is 3.00. The van der Waals surface area contributed by atoms with E-state index in [1.807, 2.05) is 11.8 Å². The van der Waals surface area contributed by atoms with E-state index in [0.29, 0.717) is 5.92 Å². The maximum Gasteiger partial charge on any atom is 0.315 e. The summed E-state index contributed by atoms with van der Waals surface area (Å²) < 4.78 is 0. The van der Waals surface area contributed by atoms with Crippen LogP contribution in [0.3, 0.4) is 0 Å². The minimum Gasteiger partial charge on any atom is -0.481 e. The number of fused-ring (bicyclic) bond motifs is 2. The smallest absolute Gasteiger partial charge is 0.315 e. The standard InChI is InChI=1S/C14H22N2O3S/c17-13(18)11-8-3-4-9(6-8)12(11)16-14(19)15-10-2-1-5-20-7-10/h8-12H,1-7H2,(H,17,18)(H2,15,16,19). The molecule has 0 aromatic heterocycles. The van der Waals surface area contributed by atoms with Crippen LogP contribution in [0.15, 0.2) is 0 Å². The third-order valence-electron chi connectivity index (χ3n) is 4.99. The van der Waals surface area contributed by atoms with Crippen molar-refractivity contribution in [3.8, 4) is 0 Å². The number of carboxylic acid groups (broad SMARTS) is 1. The van der Waals surface area contributed by atoms with Crippen molar-refractivity contribution >= 4 is 23.8 Å². The van der Waals surface area contributed by atoms with Crippen LogP contribution in [-0.2, 0) is 4.79 Å². The third-order valence-corrected chi connectivity index (χ3v) is 6.21. The first kappa shape index (κ1) is 14.0. The van der Waals surface area contributed by atoms with Crippen molar-refractivity contribution in [1.82, 2.24) is 10.6 Å². The van der Waals surface area contributed by atoms with Gasteiger partial charge in [0.05, 0.1) is 5.92 Å². The van der Waals surface area contributed by atoms with Crippen LogP contribution in [0.5, 0.6) is 0 Å². The van der Waals surface area contributed by atoms with Gasteiger partial charge in [-0.2, -0.15) is 11.8 Å². The molecule has 5 atom stereocenters. The quantitative estimate of drug-likeness (QED) is 0.741. The Balaban J connectivity index is 1.56. The SMILES string of the molecule is O=C(NC1CCCSC1)NC1C2CCC(C2)C1C(=O)O.